The van der Waals surface area contributed by atoms with Crippen LogP contribution in [-0.4, -0.2) is 69.1 Å². The van der Waals surface area contributed by atoms with Crippen LogP contribution in [0.15, 0.2) is 0 Å². The van der Waals surface area contributed by atoms with E-state index in [-0.39, 0.29) is 122 Å². The molecule has 0 amide bonds. The summed E-state index contributed by atoms with van der Waals surface area (Å²) in [7, 11) is -21.3. The molecule has 0 aliphatic carbocycles. The van der Waals surface area contributed by atoms with Crippen molar-refractivity contribution in [3.63, 3.8) is 0 Å². The van der Waals surface area contributed by atoms with Crippen molar-refractivity contribution in [1.29, 1.82) is 43.3 Å². The zero-order chi connectivity index (χ0) is 47.1. The third-order valence-electron chi connectivity index (χ3n) is 2.57. The van der Waals surface area contributed by atoms with E-state index in [0.717, 1.165) is 0 Å². The van der Waals surface area contributed by atoms with Gasteiger partial charge in [0.25, 0.3) is 0 Å². The topological polar surface area (TPSA) is 633 Å². The summed E-state index contributed by atoms with van der Waals surface area (Å²) in [6.07, 6.45) is 2.67. The number of hydrogen-bond donors (Lipinski definition) is 8. The maximum Gasteiger partial charge on any atom is 3.00 e. The standard InChI is InChI=1S/8C3H7NO.2F6P.8H2O.4Rh/c8*1-2-3(4)5;2*1-7(2,3,4,5)6;;;;;;;;;;;;/h8*2H2,1H3,(H2,4,5);;;8*1H2;;;;/q;;;;;;;;2*-1;;;;;;;;;2*+2;2*+3/p-4. The molecule has 0 spiro atoms. The van der Waals surface area contributed by atoms with Gasteiger partial charge in [-0.05, 0) is 98.5 Å². The molecule has 28 N–H and O–H groups in total. The average molecular weight is 1430 g/mol. The van der Waals surface area contributed by atoms with Crippen molar-refractivity contribution < 1.29 is 213 Å². The molecule has 0 rings (SSSR count). The molecule has 66 heavy (non-hydrogen) atoms. The van der Waals surface area contributed by atoms with Crippen molar-refractivity contribution in [3.05, 3.63) is 0 Å². The van der Waals surface area contributed by atoms with E-state index in [2.05, 4.69) is 0 Å². The summed E-state index contributed by atoms with van der Waals surface area (Å²) in [5, 5.41) is 125. The fraction of sp³-hybridized carbons (Fsp3) is 0.667. The van der Waals surface area contributed by atoms with Crippen molar-refractivity contribution in [2.45, 2.75) is 107 Å². The predicted molar refractivity (Wildman–Crippen MR) is 205 cm³/mol. The van der Waals surface area contributed by atoms with Crippen molar-refractivity contribution in [2.24, 2.45) is 0 Å². The van der Waals surface area contributed by atoms with Gasteiger partial charge in [0, 0.05) is 0 Å². The molecule has 0 aliphatic heterocycles. The summed E-state index contributed by atoms with van der Waals surface area (Å²) in [4.78, 5) is 0. The molecule has 426 valence electrons. The Morgan fingerprint density at radius 1 is 0.273 bits per heavy atom. The fourth-order valence-corrected chi connectivity index (χ4v) is 0. The Bertz CT molecular complexity index is 906. The first-order valence-electron chi connectivity index (χ1n) is 14.1. The van der Waals surface area contributed by atoms with Gasteiger partial charge < -0.3 is 128 Å². The molecule has 0 aromatic carbocycles. The van der Waals surface area contributed by atoms with Crippen molar-refractivity contribution in [2.75, 3.05) is 0 Å². The van der Waals surface area contributed by atoms with E-state index in [1.807, 2.05) is 0 Å². The second kappa shape index (κ2) is 67.2. The van der Waals surface area contributed by atoms with Gasteiger partial charge >= 0.3 is 144 Å². The SMILES string of the molecule is CCC(=N)[O-].CCC(=N)[O-].CCC(=N)[O-].CCC(=N)[O-].CCC(=N)[O-].CCC(=N)[O-].CCC(=N)[O-].CCC(=N)[O-].F[P-](F)(F)(F)(F)F.F[P-](F)(F)(F)(F)F.O.O.O.O.[OH3+].[OH3+].[OH3+].[OH3+].[Rh+2].[Rh+2].[Rh+3].[Rh+3]. The van der Waals surface area contributed by atoms with Gasteiger partial charge in [-0.15, -0.1) is 0 Å². The minimum Gasteiger partial charge on any atom is -0.457 e. The summed E-state index contributed by atoms with van der Waals surface area (Å²) in [6, 6.07) is 0. The summed E-state index contributed by atoms with van der Waals surface area (Å²) >= 11 is 0. The van der Waals surface area contributed by atoms with Crippen LogP contribution in [-0.2, 0) is 99.8 Å². The van der Waals surface area contributed by atoms with Gasteiger partial charge in [-0.1, -0.05) is 55.4 Å². The van der Waals surface area contributed by atoms with Crippen LogP contribution in [0, 0.1) is 43.3 Å². The van der Waals surface area contributed by atoms with Crippen molar-refractivity contribution in [3.8, 4) is 0 Å². The normalized spacial score (nSPS) is 9.39. The Labute approximate surface area is 423 Å². The minimum atomic E-state index is -10.7. The molecule has 0 bridgehead atoms. The predicted octanol–water partition coefficient (Wildman–Crippen LogP) is -2.36. The summed E-state index contributed by atoms with van der Waals surface area (Å²) in [5.41, 5.74) is 0. The molecule has 0 unspecified atom stereocenters. The first-order chi connectivity index (χ1) is 23.1. The number of hydrogen-bond acceptors (Lipinski definition) is 16. The summed E-state index contributed by atoms with van der Waals surface area (Å²) in [6.45, 7) is 13.3. The second-order valence-corrected chi connectivity index (χ2v) is 12.0. The van der Waals surface area contributed by atoms with Gasteiger partial charge in [-0.2, -0.15) is 0 Å². The van der Waals surface area contributed by atoms with Gasteiger partial charge in [-0.3, -0.25) is 0 Å². The Balaban J connectivity index is -0.0000000160. The largest absolute Gasteiger partial charge is 3.00 e. The molecule has 42 heteroatoms. The number of nitrogens with one attached hydrogen (secondary N) is 8. The molecule has 0 heterocycles. The van der Waals surface area contributed by atoms with E-state index in [1.54, 1.807) is 55.4 Å². The molecule has 0 saturated heterocycles. The molecular formula is C24H68F12N8O16P2Rh4+4. The summed E-state index contributed by atoms with van der Waals surface area (Å²) in [5.74, 6) is -3.96. The Hall–Kier alpha value is -2.05. The molecule has 2 radical (unpaired) electrons. The maximum absolute atomic E-state index is 10.7. The van der Waals surface area contributed by atoms with Crippen LogP contribution in [0.1, 0.15) is 107 Å². The summed E-state index contributed by atoms with van der Waals surface area (Å²) < 4.78 is 118. The molecule has 0 aliphatic rings. The fourth-order valence-electron chi connectivity index (χ4n) is 0. The van der Waals surface area contributed by atoms with Gasteiger partial charge in [0.1, 0.15) is 0 Å². The Morgan fingerprint density at radius 2 is 0.288 bits per heavy atom. The zero-order valence-corrected chi connectivity index (χ0v) is 44.3. The number of halogens is 12. The molecule has 0 atom stereocenters. The van der Waals surface area contributed by atoms with Crippen molar-refractivity contribution >= 4 is 62.8 Å². The smallest absolute Gasteiger partial charge is 0.457 e. The third-order valence-corrected chi connectivity index (χ3v) is 2.57. The molecule has 0 aromatic rings. The van der Waals surface area contributed by atoms with Crippen LogP contribution in [0.4, 0.5) is 50.4 Å². The monoisotopic (exact) mass is 1430 g/mol. The second-order valence-electron chi connectivity index (χ2n) is 8.13. The van der Waals surface area contributed by atoms with E-state index in [0.29, 0.717) is 51.4 Å². The van der Waals surface area contributed by atoms with Crippen LogP contribution in [0.2, 0.25) is 0 Å². The maximum atomic E-state index is 9.87. The first-order valence-corrected chi connectivity index (χ1v) is 18.2. The Kier molecular flexibility index (Phi) is 147. The zero-order valence-electron chi connectivity index (χ0n) is 36.0. The molecule has 24 nitrogen and oxygen atoms in total. The quantitative estimate of drug-likeness (QED) is 0.0324. The van der Waals surface area contributed by atoms with Gasteiger partial charge in [-0.25, -0.2) is 0 Å². The van der Waals surface area contributed by atoms with Gasteiger partial charge in [0.2, 0.25) is 0 Å². The third kappa shape index (κ3) is 1180. The average Bonchev–Trinajstić information content (AvgIpc) is 2.95. The first kappa shape index (κ1) is 144. The van der Waals surface area contributed by atoms with Crippen molar-refractivity contribution in [1.82, 2.24) is 0 Å². The van der Waals surface area contributed by atoms with Crippen LogP contribution in [0.5, 0.6) is 0 Å². The van der Waals surface area contributed by atoms with E-state index in [4.69, 9.17) is 43.3 Å². The molecule has 0 saturated carbocycles. The van der Waals surface area contributed by atoms with E-state index < -0.39 is 62.8 Å². The molecule has 0 fully saturated rings. The van der Waals surface area contributed by atoms with Crippen LogP contribution in [0.3, 0.4) is 0 Å². The van der Waals surface area contributed by atoms with E-state index in [1.165, 1.54) is 0 Å². The van der Waals surface area contributed by atoms with Gasteiger partial charge in [0.05, 0.1) is 0 Å². The van der Waals surface area contributed by atoms with Crippen LogP contribution < -0.4 is 40.9 Å². The number of rotatable bonds is 8. The van der Waals surface area contributed by atoms with Crippen LogP contribution in [0.25, 0.3) is 0 Å². The van der Waals surface area contributed by atoms with Gasteiger partial charge in [0.15, 0.2) is 0 Å². The van der Waals surface area contributed by atoms with E-state index in [9.17, 15) is 91.2 Å². The Morgan fingerprint density at radius 3 is 0.288 bits per heavy atom. The molecular weight excluding hydrogens is 1360 g/mol. The minimum absolute atomic E-state index is 0. The van der Waals surface area contributed by atoms with E-state index >= 15 is 0 Å². The van der Waals surface area contributed by atoms with Crippen LogP contribution >= 0.6 is 15.6 Å². The molecule has 0 aromatic heterocycles.